The highest BCUT2D eigenvalue weighted by molar-refractivity contribution is 8.18. The molecule has 94 valence electrons. The van der Waals surface area contributed by atoms with E-state index >= 15 is 0 Å². The molecular weight excluding hydrogens is 252 g/mol. The molecule has 18 heavy (non-hydrogen) atoms. The van der Waals surface area contributed by atoms with Crippen LogP contribution >= 0.6 is 11.8 Å². The zero-order valence-corrected chi connectivity index (χ0v) is 10.3. The van der Waals surface area contributed by atoms with Crippen LogP contribution in [0, 0.1) is 0 Å². The summed E-state index contributed by atoms with van der Waals surface area (Å²) in [6.45, 7) is 0.928. The average molecular weight is 264 g/mol. The van der Waals surface area contributed by atoms with Gasteiger partial charge >= 0.3 is 0 Å². The summed E-state index contributed by atoms with van der Waals surface area (Å²) in [6.07, 6.45) is 1.66. The normalized spacial score (nSPS) is 17.1. The first-order valence-electron chi connectivity index (χ1n) is 5.37. The van der Waals surface area contributed by atoms with Gasteiger partial charge in [-0.05, 0) is 35.5 Å². The summed E-state index contributed by atoms with van der Waals surface area (Å²) in [5, 5.41) is 1.87. The minimum Gasteiger partial charge on any atom is -0.492 e. The van der Waals surface area contributed by atoms with Crippen molar-refractivity contribution in [3.63, 3.8) is 0 Å². The Morgan fingerprint density at radius 2 is 2.00 bits per heavy atom. The SMILES string of the molecule is NCCOc1ccc(/C=C2/SC(=O)NC2=O)cc1. The van der Waals surface area contributed by atoms with Gasteiger partial charge in [-0.1, -0.05) is 12.1 Å². The maximum absolute atomic E-state index is 11.3. The highest BCUT2D eigenvalue weighted by atomic mass is 32.2. The van der Waals surface area contributed by atoms with Gasteiger partial charge in [0.1, 0.15) is 12.4 Å². The minimum atomic E-state index is -0.353. The number of hydrogen-bond acceptors (Lipinski definition) is 5. The van der Waals surface area contributed by atoms with Gasteiger partial charge in [0.25, 0.3) is 11.1 Å². The first-order chi connectivity index (χ1) is 8.69. The highest BCUT2D eigenvalue weighted by Crippen LogP contribution is 2.26. The largest absolute Gasteiger partial charge is 0.492 e. The maximum atomic E-state index is 11.3. The number of nitrogens with two attached hydrogens (primary N) is 1. The number of hydrogen-bond donors (Lipinski definition) is 2. The molecule has 2 rings (SSSR count). The van der Waals surface area contributed by atoms with Crippen LogP contribution in [0.15, 0.2) is 29.2 Å². The Kier molecular flexibility index (Phi) is 4.01. The second-order valence-electron chi connectivity index (χ2n) is 3.56. The van der Waals surface area contributed by atoms with Crippen molar-refractivity contribution in [2.45, 2.75) is 0 Å². The van der Waals surface area contributed by atoms with E-state index in [2.05, 4.69) is 5.32 Å². The van der Waals surface area contributed by atoms with Crippen molar-refractivity contribution in [1.82, 2.24) is 5.32 Å². The first-order valence-corrected chi connectivity index (χ1v) is 6.18. The van der Waals surface area contributed by atoms with Crippen molar-refractivity contribution in [3.8, 4) is 5.75 Å². The number of carbonyl (C=O) groups excluding carboxylic acids is 2. The summed E-state index contributed by atoms with van der Waals surface area (Å²) in [4.78, 5) is 22.7. The van der Waals surface area contributed by atoms with Crippen LogP contribution < -0.4 is 15.8 Å². The molecule has 1 aromatic rings. The molecule has 1 aliphatic rings. The summed E-state index contributed by atoms with van der Waals surface area (Å²) in [5.41, 5.74) is 6.17. The molecule has 0 bridgehead atoms. The van der Waals surface area contributed by atoms with Crippen LogP contribution in [0.4, 0.5) is 4.79 Å². The molecule has 1 aromatic carbocycles. The number of rotatable bonds is 4. The van der Waals surface area contributed by atoms with Crippen molar-refractivity contribution < 1.29 is 14.3 Å². The number of nitrogens with one attached hydrogen (secondary N) is 1. The van der Waals surface area contributed by atoms with Gasteiger partial charge in [0.15, 0.2) is 0 Å². The quantitative estimate of drug-likeness (QED) is 0.802. The first kappa shape index (κ1) is 12.7. The van der Waals surface area contributed by atoms with Crippen molar-refractivity contribution in [2.75, 3.05) is 13.2 Å². The number of thioether (sulfide) groups is 1. The van der Waals surface area contributed by atoms with E-state index in [1.165, 1.54) is 0 Å². The van der Waals surface area contributed by atoms with E-state index in [0.29, 0.717) is 18.1 Å². The second kappa shape index (κ2) is 5.70. The van der Waals surface area contributed by atoms with Crippen molar-refractivity contribution >= 4 is 29.0 Å². The van der Waals surface area contributed by atoms with E-state index in [-0.39, 0.29) is 11.1 Å². The third kappa shape index (κ3) is 3.12. The van der Waals surface area contributed by atoms with Crippen LogP contribution in [0.25, 0.3) is 6.08 Å². The van der Waals surface area contributed by atoms with E-state index in [0.717, 1.165) is 23.1 Å². The molecule has 0 aromatic heterocycles. The lowest BCUT2D eigenvalue weighted by molar-refractivity contribution is -0.115. The minimum absolute atomic E-state index is 0.339. The molecule has 6 heteroatoms. The highest BCUT2D eigenvalue weighted by Gasteiger charge is 2.24. The summed E-state index contributed by atoms with van der Waals surface area (Å²) >= 11 is 0.900. The second-order valence-corrected chi connectivity index (χ2v) is 4.57. The molecule has 1 saturated heterocycles. The number of carbonyl (C=O) groups is 2. The monoisotopic (exact) mass is 264 g/mol. The Bertz CT molecular complexity index is 497. The Hall–Kier alpha value is -1.79. The Balaban J connectivity index is 2.08. The molecule has 5 nitrogen and oxygen atoms in total. The van der Waals surface area contributed by atoms with Gasteiger partial charge < -0.3 is 10.5 Å². The molecule has 2 amide bonds. The zero-order chi connectivity index (χ0) is 13.0. The van der Waals surface area contributed by atoms with Crippen LogP contribution in [-0.2, 0) is 4.79 Å². The molecule has 0 unspecified atom stereocenters. The van der Waals surface area contributed by atoms with E-state index in [1.807, 2.05) is 12.1 Å². The molecule has 1 fully saturated rings. The Morgan fingerprint density at radius 3 is 2.56 bits per heavy atom. The molecule has 1 heterocycles. The number of imide groups is 1. The van der Waals surface area contributed by atoms with Gasteiger partial charge in [-0.25, -0.2) is 0 Å². The van der Waals surface area contributed by atoms with Crippen LogP contribution in [0.2, 0.25) is 0 Å². The number of amides is 2. The summed E-state index contributed by atoms with van der Waals surface area (Å²) in [6, 6.07) is 7.22. The van der Waals surface area contributed by atoms with Crippen LogP contribution in [0.3, 0.4) is 0 Å². The molecule has 0 saturated carbocycles. The van der Waals surface area contributed by atoms with Crippen LogP contribution in [-0.4, -0.2) is 24.3 Å². The van der Waals surface area contributed by atoms with E-state index in [9.17, 15) is 9.59 Å². The van der Waals surface area contributed by atoms with E-state index in [4.69, 9.17) is 10.5 Å². The average Bonchev–Trinajstić information content (AvgIpc) is 2.67. The fourth-order valence-corrected chi connectivity index (χ4v) is 2.09. The van der Waals surface area contributed by atoms with E-state index < -0.39 is 0 Å². The molecule has 0 radical (unpaired) electrons. The zero-order valence-electron chi connectivity index (χ0n) is 9.51. The van der Waals surface area contributed by atoms with Gasteiger partial charge in [-0.3, -0.25) is 14.9 Å². The molecule has 1 aliphatic heterocycles. The maximum Gasteiger partial charge on any atom is 0.290 e. The van der Waals surface area contributed by atoms with Crippen LogP contribution in [0.5, 0.6) is 5.75 Å². The predicted molar refractivity (Wildman–Crippen MR) is 70.1 cm³/mol. The number of benzene rings is 1. The van der Waals surface area contributed by atoms with Gasteiger partial charge in [-0.2, -0.15) is 0 Å². The van der Waals surface area contributed by atoms with Crippen molar-refractivity contribution in [3.05, 3.63) is 34.7 Å². The summed E-state index contributed by atoms with van der Waals surface area (Å²) in [7, 11) is 0. The van der Waals surface area contributed by atoms with Gasteiger partial charge in [0.2, 0.25) is 0 Å². The van der Waals surface area contributed by atoms with Gasteiger partial charge in [0.05, 0.1) is 4.91 Å². The van der Waals surface area contributed by atoms with Gasteiger partial charge in [-0.15, -0.1) is 0 Å². The molecule has 0 atom stereocenters. The lowest BCUT2D eigenvalue weighted by Gasteiger charge is -2.04. The number of ether oxygens (including phenoxy) is 1. The molecule has 0 spiro atoms. The topological polar surface area (TPSA) is 81.4 Å². The lowest BCUT2D eigenvalue weighted by Crippen LogP contribution is -2.17. The fraction of sp³-hybridized carbons (Fsp3) is 0.167. The summed E-state index contributed by atoms with van der Waals surface area (Å²) < 4.78 is 5.33. The van der Waals surface area contributed by atoms with Crippen molar-refractivity contribution in [1.29, 1.82) is 0 Å². The predicted octanol–water partition coefficient (Wildman–Crippen LogP) is 1.35. The molecular formula is C12H12N2O3S. The Labute approximate surface area is 108 Å². The van der Waals surface area contributed by atoms with E-state index in [1.54, 1.807) is 18.2 Å². The molecule has 3 N–H and O–H groups in total. The standard InChI is InChI=1S/C12H12N2O3S/c13-5-6-17-9-3-1-8(2-4-9)7-10-11(15)14-12(16)18-10/h1-4,7H,5-6,13H2,(H,14,15,16)/b10-7+. The third-order valence-corrected chi connectivity index (χ3v) is 3.02. The Morgan fingerprint density at radius 1 is 1.28 bits per heavy atom. The van der Waals surface area contributed by atoms with Crippen LogP contribution in [0.1, 0.15) is 5.56 Å². The van der Waals surface area contributed by atoms with Gasteiger partial charge in [0, 0.05) is 6.54 Å². The smallest absolute Gasteiger partial charge is 0.290 e. The fourth-order valence-electron chi connectivity index (χ4n) is 1.41. The molecule has 0 aliphatic carbocycles. The third-order valence-electron chi connectivity index (χ3n) is 2.21. The summed E-state index contributed by atoms with van der Waals surface area (Å²) in [5.74, 6) is 0.371. The van der Waals surface area contributed by atoms with Crippen molar-refractivity contribution in [2.24, 2.45) is 5.73 Å². The lowest BCUT2D eigenvalue weighted by atomic mass is 10.2.